The maximum Gasteiger partial charge on any atom is 0.248 e. The van der Waals surface area contributed by atoms with Gasteiger partial charge >= 0.3 is 0 Å². The second-order valence-corrected chi connectivity index (χ2v) is 9.78. The van der Waals surface area contributed by atoms with Crippen molar-refractivity contribution in [1.82, 2.24) is 20.9 Å². The van der Waals surface area contributed by atoms with Crippen LogP contribution < -0.4 is 26.4 Å². The van der Waals surface area contributed by atoms with E-state index < -0.39 is 0 Å². The summed E-state index contributed by atoms with van der Waals surface area (Å²) in [5.74, 6) is 0.581. The predicted octanol–water partition coefficient (Wildman–Crippen LogP) is 1.80. The number of nitrogens with zero attached hydrogens (tertiary/aromatic N) is 1. The number of ether oxygens (including phenoxy) is 1. The number of hydrogen-bond acceptors (Lipinski definition) is 6. The van der Waals surface area contributed by atoms with Crippen LogP contribution in [0, 0.1) is 12.8 Å². The van der Waals surface area contributed by atoms with E-state index >= 15 is 0 Å². The summed E-state index contributed by atoms with van der Waals surface area (Å²) in [5.41, 5.74) is 7.81. The van der Waals surface area contributed by atoms with Crippen molar-refractivity contribution in [3.8, 4) is 5.75 Å². The molecule has 3 rings (SSSR count). The molecule has 0 aromatic heterocycles. The number of hydrogen-bond donors (Lipinski definition) is 4. The molecule has 0 saturated heterocycles. The van der Waals surface area contributed by atoms with Gasteiger partial charge in [-0.25, -0.2) is 0 Å². The minimum Gasteiger partial charge on any atom is -0.492 e. The second kappa shape index (κ2) is 17.6. The normalized spacial score (nSPS) is 12.8. The summed E-state index contributed by atoms with van der Waals surface area (Å²) in [4.78, 5) is 46.9. The fraction of sp³-hybridized carbons (Fsp3) is 0.467. The minimum absolute atomic E-state index is 0.0492. The predicted molar refractivity (Wildman–Crippen MR) is 155 cm³/mol. The highest BCUT2D eigenvalue weighted by molar-refractivity contribution is 5.92. The average molecular weight is 554 g/mol. The average Bonchev–Trinajstić information content (AvgIpc) is 3.77. The molecule has 1 unspecified atom stereocenters. The van der Waals surface area contributed by atoms with Crippen LogP contribution in [0.15, 0.2) is 48.5 Å². The number of rotatable bonds is 16. The van der Waals surface area contributed by atoms with Gasteiger partial charge in [0.1, 0.15) is 12.4 Å². The second-order valence-electron chi connectivity index (χ2n) is 9.78. The third-order valence-corrected chi connectivity index (χ3v) is 6.37. The van der Waals surface area contributed by atoms with Gasteiger partial charge in [0.15, 0.2) is 0 Å². The minimum atomic E-state index is -0.375. The van der Waals surface area contributed by atoms with E-state index in [0.29, 0.717) is 44.1 Å². The zero-order valence-corrected chi connectivity index (χ0v) is 23.8. The summed E-state index contributed by atoms with van der Waals surface area (Å²) in [6.45, 7) is 6.06. The largest absolute Gasteiger partial charge is 0.492 e. The van der Waals surface area contributed by atoms with E-state index in [1.807, 2.05) is 50.2 Å². The first kappa shape index (κ1) is 32.3. The van der Waals surface area contributed by atoms with E-state index in [0.717, 1.165) is 42.6 Å². The monoisotopic (exact) mass is 553 g/mol. The Balaban J connectivity index is 0.000000469. The summed E-state index contributed by atoms with van der Waals surface area (Å²) in [5, 5.41) is 8.70. The lowest BCUT2D eigenvalue weighted by molar-refractivity contribution is -0.136. The number of aryl methyl sites for hydroxylation is 2. The number of likely N-dealkylation sites (N-methyl/N-ethyl adjacent to an activating group) is 2. The molecular formula is C30H43N5O5. The Bertz CT molecular complexity index is 1090. The summed E-state index contributed by atoms with van der Waals surface area (Å²) in [6.07, 6.45) is 4.42. The van der Waals surface area contributed by atoms with Crippen LogP contribution in [0.2, 0.25) is 0 Å². The van der Waals surface area contributed by atoms with Crippen LogP contribution in [-0.4, -0.2) is 74.9 Å². The van der Waals surface area contributed by atoms with Crippen molar-refractivity contribution in [1.29, 1.82) is 0 Å². The smallest absolute Gasteiger partial charge is 0.248 e. The topological polar surface area (TPSA) is 143 Å². The molecule has 2 aromatic rings. The van der Waals surface area contributed by atoms with Crippen molar-refractivity contribution in [3.05, 3.63) is 65.2 Å². The molecule has 10 heteroatoms. The molecule has 1 fully saturated rings. The Morgan fingerprint density at radius 3 is 2.42 bits per heavy atom. The lowest BCUT2D eigenvalue weighted by Gasteiger charge is -2.24. The van der Waals surface area contributed by atoms with Crippen LogP contribution in [0.25, 0.3) is 0 Å². The summed E-state index contributed by atoms with van der Waals surface area (Å²) >= 11 is 0. The molecule has 1 aliphatic carbocycles. The van der Waals surface area contributed by atoms with Gasteiger partial charge in [-0.3, -0.25) is 19.2 Å². The van der Waals surface area contributed by atoms with Crippen molar-refractivity contribution >= 4 is 24.1 Å². The van der Waals surface area contributed by atoms with E-state index in [1.54, 1.807) is 19.2 Å². The van der Waals surface area contributed by atoms with Crippen molar-refractivity contribution in [2.45, 2.75) is 45.6 Å². The lowest BCUT2D eigenvalue weighted by atomic mass is 10.1. The highest BCUT2D eigenvalue weighted by atomic mass is 16.5. The van der Waals surface area contributed by atoms with E-state index in [-0.39, 0.29) is 30.3 Å². The van der Waals surface area contributed by atoms with E-state index in [9.17, 15) is 19.2 Å². The molecule has 0 radical (unpaired) electrons. The number of nitrogens with one attached hydrogen (secondary N) is 3. The molecule has 10 nitrogen and oxygen atoms in total. The number of benzene rings is 2. The quantitative estimate of drug-likeness (QED) is 0.184. The van der Waals surface area contributed by atoms with E-state index in [2.05, 4.69) is 16.0 Å². The van der Waals surface area contributed by atoms with Crippen LogP contribution in [0.3, 0.4) is 0 Å². The third kappa shape index (κ3) is 11.9. The molecule has 0 bridgehead atoms. The fourth-order valence-corrected chi connectivity index (χ4v) is 4.05. The Kier molecular flexibility index (Phi) is 14.2. The Hall–Kier alpha value is -3.92. The van der Waals surface area contributed by atoms with Crippen molar-refractivity contribution < 1.29 is 23.9 Å². The molecule has 0 spiro atoms. The van der Waals surface area contributed by atoms with Gasteiger partial charge in [-0.1, -0.05) is 35.9 Å². The molecule has 0 aliphatic heterocycles. The molecule has 2 aromatic carbocycles. The molecule has 40 heavy (non-hydrogen) atoms. The van der Waals surface area contributed by atoms with Crippen LogP contribution >= 0.6 is 0 Å². The van der Waals surface area contributed by atoms with Crippen molar-refractivity contribution in [2.24, 2.45) is 11.7 Å². The standard InChI is InChI=1S/C22H34N4O4.C8H9NO/c1-3-24-20(28)15-26(2)22(29)21(18-10-11-18)25-13-14-30-19-9-5-4-7-17(19)8-6-12-23-16-27;1-6-2-4-7(5-3-6)8(9)10/h4-5,7,9,16,18,21,25H,3,6,8,10-15H2,1-2H3,(H,23,27)(H,24,28);2-5H,1H3,(H2,9,10). The van der Waals surface area contributed by atoms with Crippen LogP contribution in [0.5, 0.6) is 5.75 Å². The SMILES string of the molecule is CCNC(=O)CN(C)C(=O)C(NCCOc1ccccc1CCCNC=O)C1CC1.Cc1ccc(C(N)=O)cc1. The highest BCUT2D eigenvalue weighted by Gasteiger charge is 2.37. The van der Waals surface area contributed by atoms with Crippen LogP contribution in [-0.2, 0) is 20.8 Å². The van der Waals surface area contributed by atoms with Crippen molar-refractivity contribution in [3.63, 3.8) is 0 Å². The number of carbonyl (C=O) groups excluding carboxylic acids is 4. The fourth-order valence-electron chi connectivity index (χ4n) is 4.05. The highest BCUT2D eigenvalue weighted by Crippen LogP contribution is 2.33. The van der Waals surface area contributed by atoms with E-state index in [1.165, 1.54) is 4.90 Å². The zero-order chi connectivity index (χ0) is 29.3. The molecular weight excluding hydrogens is 510 g/mol. The molecule has 1 aliphatic rings. The summed E-state index contributed by atoms with van der Waals surface area (Å²) in [7, 11) is 1.67. The van der Waals surface area contributed by atoms with Gasteiger partial charge in [0.05, 0.1) is 12.6 Å². The first-order valence-electron chi connectivity index (χ1n) is 13.8. The summed E-state index contributed by atoms with van der Waals surface area (Å²) < 4.78 is 5.94. The van der Waals surface area contributed by atoms with Gasteiger partial charge in [-0.2, -0.15) is 0 Å². The Labute approximate surface area is 237 Å². The molecule has 4 amide bonds. The number of carbonyl (C=O) groups is 4. The molecule has 1 atom stereocenters. The van der Waals surface area contributed by atoms with Gasteiger partial charge in [0.2, 0.25) is 24.1 Å². The molecule has 5 N–H and O–H groups in total. The van der Waals surface area contributed by atoms with Gasteiger partial charge in [-0.15, -0.1) is 0 Å². The maximum absolute atomic E-state index is 12.8. The molecule has 0 heterocycles. The third-order valence-electron chi connectivity index (χ3n) is 6.37. The lowest BCUT2D eigenvalue weighted by Crippen LogP contribution is -2.49. The Morgan fingerprint density at radius 1 is 1.10 bits per heavy atom. The number of nitrogens with two attached hydrogens (primary N) is 1. The molecule has 218 valence electrons. The Morgan fingerprint density at radius 2 is 1.80 bits per heavy atom. The van der Waals surface area contributed by atoms with Gasteiger partial charge in [0.25, 0.3) is 0 Å². The van der Waals surface area contributed by atoms with Crippen LogP contribution in [0.1, 0.15) is 47.7 Å². The van der Waals surface area contributed by atoms with Crippen molar-refractivity contribution in [2.75, 3.05) is 39.8 Å². The van der Waals surface area contributed by atoms with E-state index in [4.69, 9.17) is 10.5 Å². The molecule has 1 saturated carbocycles. The number of amides is 4. The van der Waals surface area contributed by atoms with Gasteiger partial charge in [0, 0.05) is 32.2 Å². The summed E-state index contributed by atoms with van der Waals surface area (Å²) in [6, 6.07) is 14.7. The van der Waals surface area contributed by atoms with Crippen LogP contribution in [0.4, 0.5) is 0 Å². The number of primary amides is 1. The van der Waals surface area contributed by atoms with Gasteiger partial charge < -0.3 is 31.3 Å². The maximum atomic E-state index is 12.8. The van der Waals surface area contributed by atoms with Gasteiger partial charge in [-0.05, 0) is 69.2 Å². The first-order valence-corrected chi connectivity index (χ1v) is 13.8. The zero-order valence-electron chi connectivity index (χ0n) is 23.8. The first-order chi connectivity index (χ1) is 19.3. The number of para-hydroxylation sites is 1.